The van der Waals surface area contributed by atoms with Crippen molar-refractivity contribution in [1.29, 1.82) is 5.26 Å². The largest absolute Gasteiger partial charge is 0.394 e. The monoisotopic (exact) mass is 390 g/mol. The summed E-state index contributed by atoms with van der Waals surface area (Å²) in [6.07, 6.45) is 0.986. The van der Waals surface area contributed by atoms with Crippen LogP contribution in [0.5, 0.6) is 0 Å². The number of aliphatic imine (C=N–C) groups is 2. The van der Waals surface area contributed by atoms with Crippen LogP contribution >= 0.6 is 11.8 Å². The molecule has 2 rings (SSSR count). The first-order valence-corrected chi connectivity index (χ1v) is 9.99. The van der Waals surface area contributed by atoms with Gasteiger partial charge in [-0.2, -0.15) is 17.0 Å². The molecule has 0 saturated carbocycles. The molecule has 1 aliphatic rings. The lowest BCUT2D eigenvalue weighted by Gasteiger charge is -2.38. The van der Waals surface area contributed by atoms with Gasteiger partial charge in [-0.3, -0.25) is 9.98 Å². The highest BCUT2D eigenvalue weighted by Crippen LogP contribution is 2.41. The van der Waals surface area contributed by atoms with Gasteiger partial charge in [-0.25, -0.2) is 0 Å². The van der Waals surface area contributed by atoms with Gasteiger partial charge in [0.2, 0.25) is 0 Å². The van der Waals surface area contributed by atoms with Gasteiger partial charge in [0.05, 0.1) is 36.2 Å². The maximum absolute atomic E-state index is 9.49. The third-order valence-corrected chi connectivity index (χ3v) is 5.39. The Kier molecular flexibility index (Phi) is 8.25. The van der Waals surface area contributed by atoms with Gasteiger partial charge in [0.25, 0.3) is 0 Å². The quantitative estimate of drug-likeness (QED) is 0.661. The van der Waals surface area contributed by atoms with Gasteiger partial charge >= 0.3 is 0 Å². The van der Waals surface area contributed by atoms with Crippen LogP contribution in [-0.2, 0) is 4.74 Å². The number of aliphatic hydroxyl groups excluding tert-OH is 2. The van der Waals surface area contributed by atoms with Crippen molar-refractivity contribution in [3.63, 3.8) is 0 Å². The molecule has 1 saturated heterocycles. The van der Waals surface area contributed by atoms with E-state index in [1.807, 2.05) is 19.9 Å². The molecular formula is C19H26N4O3S. The molecule has 1 fully saturated rings. The van der Waals surface area contributed by atoms with E-state index in [9.17, 15) is 10.4 Å². The summed E-state index contributed by atoms with van der Waals surface area (Å²) in [5.74, 6) is 1.19. The summed E-state index contributed by atoms with van der Waals surface area (Å²) in [7, 11) is 0. The Balaban J connectivity index is 2.23. The fourth-order valence-corrected chi connectivity index (χ4v) is 4.01. The van der Waals surface area contributed by atoms with Gasteiger partial charge in [-0.15, -0.1) is 0 Å². The summed E-state index contributed by atoms with van der Waals surface area (Å²) in [4.78, 5) is 10.7. The van der Waals surface area contributed by atoms with Crippen molar-refractivity contribution >= 4 is 41.8 Å². The first kappa shape index (κ1) is 21.4. The van der Waals surface area contributed by atoms with Crippen molar-refractivity contribution in [3.05, 3.63) is 17.7 Å². The number of morpholine rings is 1. The van der Waals surface area contributed by atoms with Crippen molar-refractivity contribution in [1.82, 2.24) is 0 Å². The first-order valence-electron chi connectivity index (χ1n) is 8.83. The maximum atomic E-state index is 9.49. The van der Waals surface area contributed by atoms with E-state index in [1.165, 1.54) is 0 Å². The standard InChI is InChI=1S/C19H26N4O3S/c1-4-22-19-17(6-5-14(7-20)18(19)21-3)23-8-13(2)26-16(9-23)12-27-11-15(25)10-24/h4-6,13,15-16,24-25H,3,8-12H2,1-2H3/t13-,15?,16-/m1/s1. The summed E-state index contributed by atoms with van der Waals surface area (Å²) in [6, 6.07) is 5.78. The molecule has 3 atom stereocenters. The molecule has 0 aromatic heterocycles. The van der Waals surface area contributed by atoms with Crippen LogP contribution in [-0.4, -0.2) is 72.7 Å². The second-order valence-electron chi connectivity index (χ2n) is 6.33. The van der Waals surface area contributed by atoms with Gasteiger partial charge in [0.1, 0.15) is 17.4 Å². The molecule has 0 aliphatic carbocycles. The van der Waals surface area contributed by atoms with Crippen molar-refractivity contribution < 1.29 is 14.9 Å². The minimum absolute atomic E-state index is 0.0149. The summed E-state index contributed by atoms with van der Waals surface area (Å²) in [5, 5.41) is 27.7. The van der Waals surface area contributed by atoms with E-state index in [0.717, 1.165) is 5.69 Å². The number of benzene rings is 1. The molecule has 0 amide bonds. The SMILES string of the molecule is C=Nc1c(C#N)ccc(N2C[C@H](CSCC(O)CO)O[C@H](C)C2)c1N=CC. The molecule has 0 spiro atoms. The highest BCUT2D eigenvalue weighted by molar-refractivity contribution is 7.99. The molecule has 0 radical (unpaired) electrons. The summed E-state index contributed by atoms with van der Waals surface area (Å²) in [5.41, 5.74) is 2.47. The van der Waals surface area contributed by atoms with Crippen LogP contribution < -0.4 is 4.90 Å². The van der Waals surface area contributed by atoms with Gasteiger partial charge in [-0.1, -0.05) is 0 Å². The van der Waals surface area contributed by atoms with Crippen LogP contribution in [0.4, 0.5) is 17.1 Å². The average molecular weight is 391 g/mol. The van der Waals surface area contributed by atoms with E-state index in [-0.39, 0.29) is 18.8 Å². The lowest BCUT2D eigenvalue weighted by atomic mass is 10.1. The Morgan fingerprint density at radius 2 is 2.26 bits per heavy atom. The maximum Gasteiger partial charge on any atom is 0.113 e. The van der Waals surface area contributed by atoms with Gasteiger partial charge < -0.3 is 19.8 Å². The van der Waals surface area contributed by atoms with Crippen LogP contribution in [0, 0.1) is 11.3 Å². The molecule has 1 aliphatic heterocycles. The second-order valence-corrected chi connectivity index (χ2v) is 7.41. The normalized spacial score (nSPS) is 21.2. The second kappa shape index (κ2) is 10.4. The third kappa shape index (κ3) is 5.53. The number of aliphatic hydroxyl groups is 2. The van der Waals surface area contributed by atoms with Crippen molar-refractivity contribution in [2.24, 2.45) is 9.98 Å². The van der Waals surface area contributed by atoms with Crippen LogP contribution in [0.2, 0.25) is 0 Å². The van der Waals surface area contributed by atoms with Crippen LogP contribution in [0.15, 0.2) is 22.1 Å². The number of nitrogens with zero attached hydrogens (tertiary/aromatic N) is 4. The fraction of sp³-hybridized carbons (Fsp3) is 0.526. The average Bonchev–Trinajstić information content (AvgIpc) is 2.67. The van der Waals surface area contributed by atoms with E-state index in [4.69, 9.17) is 9.84 Å². The Bertz CT molecular complexity index is 720. The number of rotatable bonds is 8. The molecule has 1 heterocycles. The van der Waals surface area contributed by atoms with Crippen molar-refractivity contribution in [2.75, 3.05) is 36.1 Å². The lowest BCUT2D eigenvalue weighted by Crippen LogP contribution is -2.47. The molecule has 7 nitrogen and oxygen atoms in total. The summed E-state index contributed by atoms with van der Waals surface area (Å²) >= 11 is 1.56. The molecular weight excluding hydrogens is 364 g/mol. The van der Waals surface area contributed by atoms with E-state index in [1.54, 1.807) is 24.0 Å². The van der Waals surface area contributed by atoms with Crippen LogP contribution in [0.1, 0.15) is 19.4 Å². The number of anilines is 1. The zero-order chi connectivity index (χ0) is 19.8. The van der Waals surface area contributed by atoms with Gasteiger partial charge in [0.15, 0.2) is 0 Å². The summed E-state index contributed by atoms with van der Waals surface area (Å²) < 4.78 is 6.02. The predicted molar refractivity (Wildman–Crippen MR) is 111 cm³/mol. The van der Waals surface area contributed by atoms with E-state index in [0.29, 0.717) is 41.5 Å². The number of hydrogen-bond acceptors (Lipinski definition) is 8. The Hall–Kier alpha value is -1.92. The van der Waals surface area contributed by atoms with Gasteiger partial charge in [0, 0.05) is 30.8 Å². The van der Waals surface area contributed by atoms with E-state index in [2.05, 4.69) is 27.7 Å². The third-order valence-electron chi connectivity index (χ3n) is 4.16. The smallest absolute Gasteiger partial charge is 0.113 e. The molecule has 8 heteroatoms. The topological polar surface area (TPSA) is 101 Å². The number of nitriles is 1. The molecule has 27 heavy (non-hydrogen) atoms. The molecule has 2 N–H and O–H groups in total. The molecule has 0 bridgehead atoms. The number of ether oxygens (including phenoxy) is 1. The zero-order valence-electron chi connectivity index (χ0n) is 15.7. The number of thioether (sulfide) groups is 1. The fourth-order valence-electron chi connectivity index (χ4n) is 3.05. The van der Waals surface area contributed by atoms with Gasteiger partial charge in [-0.05, 0) is 32.7 Å². The first-order chi connectivity index (χ1) is 13.0. The number of hydrogen-bond donors (Lipinski definition) is 2. The highest BCUT2D eigenvalue weighted by Gasteiger charge is 2.28. The molecule has 1 aromatic rings. The van der Waals surface area contributed by atoms with E-state index < -0.39 is 6.10 Å². The van der Waals surface area contributed by atoms with Crippen LogP contribution in [0.3, 0.4) is 0 Å². The minimum Gasteiger partial charge on any atom is -0.394 e. The van der Waals surface area contributed by atoms with Crippen molar-refractivity contribution in [2.45, 2.75) is 32.2 Å². The molecule has 1 unspecified atom stereocenters. The van der Waals surface area contributed by atoms with Crippen molar-refractivity contribution in [3.8, 4) is 6.07 Å². The van der Waals surface area contributed by atoms with E-state index >= 15 is 0 Å². The Morgan fingerprint density at radius 3 is 2.89 bits per heavy atom. The zero-order valence-corrected chi connectivity index (χ0v) is 16.5. The highest BCUT2D eigenvalue weighted by atomic mass is 32.2. The minimum atomic E-state index is -0.711. The predicted octanol–water partition coefficient (Wildman–Crippen LogP) is 2.29. The molecule has 1 aromatic carbocycles. The van der Waals surface area contributed by atoms with Crippen LogP contribution in [0.25, 0.3) is 0 Å². The Morgan fingerprint density at radius 1 is 1.48 bits per heavy atom. The Labute approximate surface area is 164 Å². The molecule has 146 valence electrons. The summed E-state index contributed by atoms with van der Waals surface area (Å²) in [6.45, 7) is 8.58. The lowest BCUT2D eigenvalue weighted by molar-refractivity contribution is -0.00264.